The molecule has 4 nitrogen and oxygen atoms in total. The van der Waals surface area contributed by atoms with Crippen LogP contribution in [0.5, 0.6) is 23.0 Å². The maximum Gasteiger partial charge on any atom is 0.459 e. The number of ether oxygens (including phenoxy) is 4. The van der Waals surface area contributed by atoms with Gasteiger partial charge < -0.3 is 18.9 Å². The molecule has 2 rings (SSSR count). The normalized spacial score (nSPS) is 11.0. The second-order valence-corrected chi connectivity index (χ2v) is 8.34. The zero-order valence-corrected chi connectivity index (χ0v) is 19.8. The Morgan fingerprint density at radius 3 is 2.03 bits per heavy atom. The van der Waals surface area contributed by atoms with Gasteiger partial charge in [-0.25, -0.2) is 0 Å². The van der Waals surface area contributed by atoms with Crippen LogP contribution in [0.4, 0.5) is 8.78 Å². The summed E-state index contributed by atoms with van der Waals surface area (Å²) in [6, 6.07) is 8.93. The van der Waals surface area contributed by atoms with Crippen LogP contribution in [0.25, 0.3) is 0 Å². The van der Waals surface area contributed by atoms with E-state index in [4.69, 9.17) is 60.6 Å². The molecule has 0 aliphatic carbocycles. The van der Waals surface area contributed by atoms with E-state index in [2.05, 4.69) is 20.7 Å². The molecule has 30 heavy (non-hydrogen) atoms. The van der Waals surface area contributed by atoms with Crippen molar-refractivity contribution in [3.63, 3.8) is 0 Å². The molecule has 0 fully saturated rings. The Hall–Kier alpha value is -1.12. The molecular weight excluding hydrogens is 552 g/mol. The minimum atomic E-state index is -3.42. The van der Waals surface area contributed by atoms with Crippen LogP contribution in [-0.2, 0) is 0 Å². The van der Waals surface area contributed by atoms with Crippen LogP contribution < -0.4 is 18.9 Å². The third-order valence-corrected chi connectivity index (χ3v) is 4.35. The molecular formula is C19H15BrCl4F2O4. The smallest absolute Gasteiger partial charge is 0.459 e. The van der Waals surface area contributed by atoms with Gasteiger partial charge in [-0.1, -0.05) is 46.4 Å². The highest BCUT2D eigenvalue weighted by Gasteiger charge is 2.26. The largest absolute Gasteiger partial charge is 0.493 e. The summed E-state index contributed by atoms with van der Waals surface area (Å²) in [5.41, 5.74) is 0. The first-order valence-electron chi connectivity index (χ1n) is 8.38. The molecule has 0 saturated heterocycles. The third-order valence-electron chi connectivity index (χ3n) is 3.32. The lowest BCUT2D eigenvalue weighted by atomic mass is 10.3. The monoisotopic (exact) mass is 564 g/mol. The van der Waals surface area contributed by atoms with Gasteiger partial charge in [0.05, 0.1) is 23.3 Å². The predicted molar refractivity (Wildman–Crippen MR) is 118 cm³/mol. The summed E-state index contributed by atoms with van der Waals surface area (Å²) in [6.45, 7) is 0.788. The molecule has 0 saturated carbocycles. The fourth-order valence-corrected chi connectivity index (χ4v) is 3.01. The molecule has 0 amide bonds. The van der Waals surface area contributed by atoms with Crippen molar-refractivity contribution >= 4 is 62.3 Å². The Labute approximate surface area is 200 Å². The summed E-state index contributed by atoms with van der Waals surface area (Å²) in [5.74, 6) is 1.28. The van der Waals surface area contributed by atoms with E-state index in [1.54, 1.807) is 12.1 Å². The van der Waals surface area contributed by atoms with Crippen LogP contribution in [0.15, 0.2) is 47.0 Å². The van der Waals surface area contributed by atoms with E-state index in [9.17, 15) is 8.78 Å². The van der Waals surface area contributed by atoms with Gasteiger partial charge in [-0.15, -0.1) is 0 Å². The van der Waals surface area contributed by atoms with Crippen LogP contribution >= 0.6 is 62.3 Å². The van der Waals surface area contributed by atoms with Crippen molar-refractivity contribution in [2.75, 3.05) is 19.8 Å². The Kier molecular flexibility index (Phi) is 10.1. The number of rotatable bonds is 11. The van der Waals surface area contributed by atoms with Gasteiger partial charge in [-0.2, -0.15) is 8.78 Å². The van der Waals surface area contributed by atoms with Crippen molar-refractivity contribution in [3.8, 4) is 23.0 Å². The van der Waals surface area contributed by atoms with Gasteiger partial charge in [0.25, 0.3) is 0 Å². The summed E-state index contributed by atoms with van der Waals surface area (Å²) in [4.78, 5) is 0. The summed E-state index contributed by atoms with van der Waals surface area (Å²) in [7, 11) is 0. The number of hydrogen-bond acceptors (Lipinski definition) is 4. The van der Waals surface area contributed by atoms with Gasteiger partial charge in [-0.3, -0.25) is 0 Å². The van der Waals surface area contributed by atoms with Gasteiger partial charge in [0, 0.05) is 34.5 Å². The van der Waals surface area contributed by atoms with E-state index in [1.807, 2.05) is 0 Å². The Morgan fingerprint density at radius 1 is 0.900 bits per heavy atom. The summed E-state index contributed by atoms with van der Waals surface area (Å²) < 4.78 is 46.4. The van der Waals surface area contributed by atoms with E-state index in [0.717, 1.165) is 0 Å². The number of hydrogen-bond donors (Lipinski definition) is 0. The lowest BCUT2D eigenvalue weighted by Gasteiger charge is -2.13. The summed E-state index contributed by atoms with van der Waals surface area (Å²) in [6.07, 6.45) is 2.01. The van der Waals surface area contributed by atoms with Gasteiger partial charge in [0.1, 0.15) is 28.3 Å². The molecule has 0 heterocycles. The molecule has 0 unspecified atom stereocenters. The fraction of sp³-hybridized carbons (Fsp3) is 0.263. The molecule has 0 radical (unpaired) electrons. The molecule has 0 aliphatic heterocycles. The molecule has 0 spiro atoms. The van der Waals surface area contributed by atoms with Crippen molar-refractivity contribution in [1.29, 1.82) is 0 Å². The zero-order chi connectivity index (χ0) is 22.1. The highest BCUT2D eigenvalue weighted by atomic mass is 79.9. The van der Waals surface area contributed by atoms with E-state index in [-0.39, 0.29) is 16.8 Å². The van der Waals surface area contributed by atoms with E-state index in [0.29, 0.717) is 46.9 Å². The average molecular weight is 567 g/mol. The highest BCUT2D eigenvalue weighted by molar-refractivity contribution is 9.09. The van der Waals surface area contributed by atoms with Crippen molar-refractivity contribution < 1.29 is 27.7 Å². The number of alkyl halides is 3. The second-order valence-electron chi connectivity index (χ2n) is 5.59. The molecule has 2 aromatic carbocycles. The predicted octanol–water partition coefficient (Wildman–Crippen LogP) is 7.86. The first-order valence-corrected chi connectivity index (χ1v) is 10.7. The van der Waals surface area contributed by atoms with Gasteiger partial charge in [0.15, 0.2) is 5.75 Å². The first-order chi connectivity index (χ1) is 14.1. The Balaban J connectivity index is 1.77. The van der Waals surface area contributed by atoms with Crippen molar-refractivity contribution in [2.45, 2.75) is 11.4 Å². The van der Waals surface area contributed by atoms with Crippen LogP contribution in [-0.4, -0.2) is 24.8 Å². The van der Waals surface area contributed by atoms with Crippen molar-refractivity contribution in [2.24, 2.45) is 0 Å². The molecule has 0 N–H and O–H groups in total. The van der Waals surface area contributed by atoms with E-state index >= 15 is 0 Å². The molecule has 0 aliphatic rings. The lowest BCUT2D eigenvalue weighted by Crippen LogP contribution is -2.14. The fourth-order valence-electron chi connectivity index (χ4n) is 2.12. The van der Waals surface area contributed by atoms with Crippen molar-refractivity contribution in [3.05, 3.63) is 57.0 Å². The maximum atomic E-state index is 12.7. The summed E-state index contributed by atoms with van der Waals surface area (Å²) in [5, 5.41) is -2.84. The minimum Gasteiger partial charge on any atom is -0.493 e. The Bertz CT molecular complexity index is 834. The van der Waals surface area contributed by atoms with Gasteiger partial charge in [0.2, 0.25) is 0 Å². The first kappa shape index (κ1) is 25.1. The topological polar surface area (TPSA) is 36.9 Å². The minimum absolute atomic E-state index is 0.00560. The average Bonchev–Trinajstić information content (AvgIpc) is 2.63. The molecule has 2 aromatic rings. The maximum absolute atomic E-state index is 12.7. The second kappa shape index (κ2) is 12.1. The van der Waals surface area contributed by atoms with Crippen LogP contribution in [0.2, 0.25) is 10.0 Å². The zero-order valence-electron chi connectivity index (χ0n) is 15.1. The van der Waals surface area contributed by atoms with Gasteiger partial charge in [-0.05, 0) is 30.3 Å². The standard InChI is InChI=1S/C19H15BrCl4F2O4/c20-19(25,26)30-13-4-2-12(3-5-13)27-7-1-8-29-18-15(21)10-14(11-16(18)22)28-9-6-17(23)24/h2-6,10-11H,1,7-9H2. The highest BCUT2D eigenvalue weighted by Crippen LogP contribution is 2.37. The Morgan fingerprint density at radius 2 is 1.47 bits per heavy atom. The van der Waals surface area contributed by atoms with Gasteiger partial charge >= 0.3 is 5.02 Å². The molecule has 0 aromatic heterocycles. The van der Waals surface area contributed by atoms with Crippen LogP contribution in [0.3, 0.4) is 0 Å². The number of halogens is 7. The van der Waals surface area contributed by atoms with Crippen LogP contribution in [0, 0.1) is 0 Å². The quantitative estimate of drug-likeness (QED) is 0.205. The molecule has 0 bridgehead atoms. The van der Waals surface area contributed by atoms with E-state index < -0.39 is 5.02 Å². The molecule has 0 atom stereocenters. The van der Waals surface area contributed by atoms with Crippen LogP contribution in [0.1, 0.15) is 6.42 Å². The third kappa shape index (κ3) is 9.35. The summed E-state index contributed by atoms with van der Waals surface area (Å²) >= 11 is 25.5. The lowest BCUT2D eigenvalue weighted by molar-refractivity contribution is -0.0803. The molecule has 11 heteroatoms. The number of benzene rings is 2. The molecule has 164 valence electrons. The van der Waals surface area contributed by atoms with E-state index in [1.165, 1.54) is 30.3 Å². The van der Waals surface area contributed by atoms with Crippen molar-refractivity contribution in [1.82, 2.24) is 0 Å². The SMILES string of the molecule is FC(F)(Br)Oc1ccc(OCCCOc2c(Cl)cc(OCC=C(Cl)Cl)cc2Cl)cc1.